The minimum Gasteiger partial charge on any atom is -0.381 e. The summed E-state index contributed by atoms with van der Waals surface area (Å²) in [6, 6.07) is 19.6. The second-order valence-corrected chi connectivity index (χ2v) is 8.48. The van der Waals surface area contributed by atoms with Crippen molar-refractivity contribution in [2.45, 2.75) is 25.6 Å². The number of hydrogen-bond donors (Lipinski definition) is 0. The Balaban J connectivity index is 1.38. The summed E-state index contributed by atoms with van der Waals surface area (Å²) in [4.78, 5) is 20.4. The van der Waals surface area contributed by atoms with E-state index in [9.17, 15) is 4.79 Å². The zero-order valence-electron chi connectivity index (χ0n) is 16.9. The van der Waals surface area contributed by atoms with Crippen LogP contribution < -0.4 is 4.90 Å². The Labute approximate surface area is 172 Å². The minimum absolute atomic E-state index is 0.0257. The molecule has 0 saturated carbocycles. The summed E-state index contributed by atoms with van der Waals surface area (Å²) < 4.78 is 5.49. The van der Waals surface area contributed by atoms with Gasteiger partial charge in [0.05, 0.1) is 18.6 Å². The highest BCUT2D eigenvalue weighted by molar-refractivity contribution is 5.80. The number of anilines is 1. The first-order valence-electron chi connectivity index (χ1n) is 10.8. The number of para-hydroxylation sites is 1. The van der Waals surface area contributed by atoms with Crippen molar-refractivity contribution in [2.75, 3.05) is 44.3 Å². The lowest BCUT2D eigenvalue weighted by molar-refractivity contribution is -0.136. The van der Waals surface area contributed by atoms with Crippen molar-refractivity contribution in [3.63, 3.8) is 0 Å². The molecule has 2 fully saturated rings. The van der Waals surface area contributed by atoms with Gasteiger partial charge in [0.1, 0.15) is 0 Å². The average molecular weight is 392 g/mol. The number of amides is 1. The fourth-order valence-corrected chi connectivity index (χ4v) is 4.98. The van der Waals surface area contributed by atoms with Crippen LogP contribution in [0.4, 0.5) is 5.69 Å². The molecule has 2 atom stereocenters. The zero-order valence-corrected chi connectivity index (χ0v) is 16.9. The summed E-state index contributed by atoms with van der Waals surface area (Å²) in [6.07, 6.45) is 0.853. The maximum Gasteiger partial charge on any atom is 0.228 e. The quantitative estimate of drug-likeness (QED) is 0.806. The molecule has 5 rings (SSSR count). The minimum atomic E-state index is 0.0257. The number of rotatable bonds is 3. The molecule has 0 aliphatic carbocycles. The first-order chi connectivity index (χ1) is 14.3. The van der Waals surface area contributed by atoms with Gasteiger partial charge in [0.2, 0.25) is 5.91 Å². The van der Waals surface area contributed by atoms with Crippen LogP contribution in [0, 0.1) is 5.92 Å². The zero-order chi connectivity index (χ0) is 19.6. The summed E-state index contributed by atoms with van der Waals surface area (Å²) >= 11 is 0. The lowest BCUT2D eigenvalue weighted by Gasteiger charge is -2.43. The number of ether oxygens (including phenoxy) is 1. The van der Waals surface area contributed by atoms with Gasteiger partial charge in [-0.3, -0.25) is 9.69 Å². The van der Waals surface area contributed by atoms with Gasteiger partial charge in [-0.2, -0.15) is 0 Å². The van der Waals surface area contributed by atoms with E-state index in [4.69, 9.17) is 4.74 Å². The summed E-state index contributed by atoms with van der Waals surface area (Å²) in [5.74, 6) is 0.289. The van der Waals surface area contributed by atoms with Crippen molar-refractivity contribution < 1.29 is 9.53 Å². The highest BCUT2D eigenvalue weighted by Crippen LogP contribution is 2.31. The van der Waals surface area contributed by atoms with Gasteiger partial charge in [0, 0.05) is 51.6 Å². The predicted octanol–water partition coefficient (Wildman–Crippen LogP) is 2.76. The lowest BCUT2D eigenvalue weighted by atomic mass is 10.1. The Morgan fingerprint density at radius 3 is 2.66 bits per heavy atom. The van der Waals surface area contributed by atoms with Crippen LogP contribution in [0.3, 0.4) is 0 Å². The fourth-order valence-electron chi connectivity index (χ4n) is 4.98. The van der Waals surface area contributed by atoms with Gasteiger partial charge in [-0.15, -0.1) is 0 Å². The number of piperazine rings is 1. The molecule has 29 heavy (non-hydrogen) atoms. The fraction of sp³-hybridized carbons (Fsp3) is 0.458. The molecule has 2 unspecified atom stereocenters. The van der Waals surface area contributed by atoms with Crippen LogP contribution in [0.25, 0.3) is 0 Å². The van der Waals surface area contributed by atoms with Gasteiger partial charge in [0.25, 0.3) is 0 Å². The summed E-state index contributed by atoms with van der Waals surface area (Å²) in [5.41, 5.74) is 3.92. The number of fused-ring (bicyclic) bond motifs is 3. The van der Waals surface area contributed by atoms with Crippen LogP contribution in [-0.4, -0.2) is 61.1 Å². The van der Waals surface area contributed by atoms with Crippen molar-refractivity contribution in [2.24, 2.45) is 5.92 Å². The number of carbonyl (C=O) groups is 1. The predicted molar refractivity (Wildman–Crippen MR) is 114 cm³/mol. The monoisotopic (exact) mass is 391 g/mol. The highest BCUT2D eigenvalue weighted by atomic mass is 16.5. The summed E-state index contributed by atoms with van der Waals surface area (Å²) in [6.45, 7) is 6.78. The molecule has 0 bridgehead atoms. The van der Waals surface area contributed by atoms with Crippen LogP contribution >= 0.6 is 0 Å². The topological polar surface area (TPSA) is 36.0 Å². The molecular formula is C24H29N3O2. The van der Waals surface area contributed by atoms with E-state index in [-0.39, 0.29) is 11.8 Å². The van der Waals surface area contributed by atoms with Crippen LogP contribution in [-0.2, 0) is 22.6 Å². The number of nitrogens with zero attached hydrogens (tertiary/aromatic N) is 3. The number of carbonyl (C=O) groups excluding carboxylic acids is 1. The molecule has 1 amide bonds. The van der Waals surface area contributed by atoms with Crippen LogP contribution in [0.5, 0.6) is 0 Å². The number of hydrogen-bond acceptors (Lipinski definition) is 4. The average Bonchev–Trinajstić information content (AvgIpc) is 3.24. The van der Waals surface area contributed by atoms with Gasteiger partial charge in [0.15, 0.2) is 0 Å². The normalized spacial score (nSPS) is 24.7. The van der Waals surface area contributed by atoms with Crippen molar-refractivity contribution in [3.8, 4) is 0 Å². The molecule has 5 heteroatoms. The van der Waals surface area contributed by atoms with E-state index in [2.05, 4.69) is 69.3 Å². The van der Waals surface area contributed by atoms with Crippen molar-refractivity contribution in [1.29, 1.82) is 0 Å². The highest BCUT2D eigenvalue weighted by Gasteiger charge is 2.36. The lowest BCUT2D eigenvalue weighted by Crippen LogP contribution is -2.56. The van der Waals surface area contributed by atoms with E-state index >= 15 is 0 Å². The smallest absolute Gasteiger partial charge is 0.228 e. The third-order valence-corrected chi connectivity index (χ3v) is 6.50. The van der Waals surface area contributed by atoms with E-state index < -0.39 is 0 Å². The Kier molecular flexibility index (Phi) is 5.25. The van der Waals surface area contributed by atoms with E-state index in [1.54, 1.807) is 0 Å². The molecule has 2 aromatic rings. The summed E-state index contributed by atoms with van der Waals surface area (Å²) in [5, 5.41) is 0. The maximum atomic E-state index is 13.2. The van der Waals surface area contributed by atoms with Crippen LogP contribution in [0.1, 0.15) is 17.5 Å². The van der Waals surface area contributed by atoms with Gasteiger partial charge in [-0.1, -0.05) is 48.5 Å². The van der Waals surface area contributed by atoms with E-state index in [0.717, 1.165) is 39.1 Å². The van der Waals surface area contributed by atoms with E-state index in [0.29, 0.717) is 25.8 Å². The van der Waals surface area contributed by atoms with Crippen molar-refractivity contribution in [1.82, 2.24) is 9.80 Å². The maximum absolute atomic E-state index is 13.2. The van der Waals surface area contributed by atoms with E-state index in [1.807, 2.05) is 0 Å². The first-order valence-corrected chi connectivity index (χ1v) is 10.8. The Hall–Kier alpha value is -2.37. The van der Waals surface area contributed by atoms with Gasteiger partial charge >= 0.3 is 0 Å². The molecule has 2 saturated heterocycles. The van der Waals surface area contributed by atoms with Gasteiger partial charge in [-0.05, 0) is 23.6 Å². The molecule has 2 aromatic carbocycles. The van der Waals surface area contributed by atoms with E-state index in [1.165, 1.54) is 16.8 Å². The molecule has 3 aliphatic heterocycles. The Morgan fingerprint density at radius 1 is 1.00 bits per heavy atom. The Morgan fingerprint density at radius 2 is 1.83 bits per heavy atom. The van der Waals surface area contributed by atoms with Crippen LogP contribution in [0.15, 0.2) is 54.6 Å². The van der Waals surface area contributed by atoms with Gasteiger partial charge in [-0.25, -0.2) is 0 Å². The van der Waals surface area contributed by atoms with Crippen molar-refractivity contribution >= 4 is 11.6 Å². The standard InChI is InChI=1S/C24H29N3O2/c28-24(21-10-13-29-18-21)26-15-20-8-4-5-9-23(20)27-12-11-25(16-22(27)17-26)14-19-6-2-1-3-7-19/h1-9,21-22H,10-18H2. The van der Waals surface area contributed by atoms with Crippen molar-refractivity contribution in [3.05, 3.63) is 65.7 Å². The molecule has 0 N–H and O–H groups in total. The second-order valence-electron chi connectivity index (χ2n) is 8.48. The largest absolute Gasteiger partial charge is 0.381 e. The molecule has 3 heterocycles. The second kappa shape index (κ2) is 8.17. The number of benzene rings is 2. The molecule has 3 aliphatic rings. The molecule has 0 spiro atoms. The summed E-state index contributed by atoms with van der Waals surface area (Å²) in [7, 11) is 0. The molecule has 0 radical (unpaired) electrons. The third-order valence-electron chi connectivity index (χ3n) is 6.50. The Bertz CT molecular complexity index is 850. The molecule has 0 aromatic heterocycles. The van der Waals surface area contributed by atoms with Gasteiger partial charge < -0.3 is 14.5 Å². The first kappa shape index (κ1) is 18.6. The molecule has 5 nitrogen and oxygen atoms in total. The molecular weight excluding hydrogens is 362 g/mol. The SMILES string of the molecule is O=C(C1CCOC1)N1Cc2ccccc2N2CCN(Cc3ccccc3)CC2C1. The van der Waals surface area contributed by atoms with Crippen LogP contribution in [0.2, 0.25) is 0 Å². The third kappa shape index (κ3) is 3.89. The molecule has 152 valence electrons.